The maximum Gasteiger partial charge on any atom is 0.279 e. The van der Waals surface area contributed by atoms with Crippen molar-refractivity contribution in [1.29, 1.82) is 0 Å². The molecule has 29 heavy (non-hydrogen) atoms. The summed E-state index contributed by atoms with van der Waals surface area (Å²) < 4.78 is 27.2. The van der Waals surface area contributed by atoms with E-state index in [0.717, 1.165) is 18.0 Å². The molecule has 6 nitrogen and oxygen atoms in total. The molecular weight excluding hydrogens is 386 g/mol. The van der Waals surface area contributed by atoms with E-state index in [9.17, 15) is 13.2 Å². The zero-order chi connectivity index (χ0) is 21.4. The van der Waals surface area contributed by atoms with Crippen LogP contribution in [0.15, 0.2) is 53.4 Å². The number of benzene rings is 2. The van der Waals surface area contributed by atoms with Crippen molar-refractivity contribution in [2.75, 3.05) is 31.5 Å². The number of rotatable bonds is 10. The molecule has 0 fully saturated rings. The fraction of sp³-hybridized carbons (Fsp3) is 0.409. The average molecular weight is 419 g/mol. The van der Waals surface area contributed by atoms with Gasteiger partial charge in [0.25, 0.3) is 5.91 Å². The zero-order valence-corrected chi connectivity index (χ0v) is 18.6. The molecule has 1 amide bonds. The van der Waals surface area contributed by atoms with Crippen LogP contribution in [0.25, 0.3) is 0 Å². The normalized spacial score (nSPS) is 12.7. The van der Waals surface area contributed by atoms with Crippen molar-refractivity contribution in [3.05, 3.63) is 59.7 Å². The molecule has 0 aromatic heterocycles. The number of hydrogen-bond donors (Lipinski definition) is 2. The summed E-state index contributed by atoms with van der Waals surface area (Å²) >= 11 is 0. The highest BCUT2D eigenvalue weighted by Crippen LogP contribution is 2.23. The quantitative estimate of drug-likeness (QED) is 0.621. The van der Waals surface area contributed by atoms with E-state index in [1.54, 1.807) is 25.1 Å². The van der Waals surface area contributed by atoms with Gasteiger partial charge in [0.15, 0.2) is 6.54 Å². The van der Waals surface area contributed by atoms with Crippen molar-refractivity contribution < 1.29 is 18.1 Å². The fourth-order valence-electron chi connectivity index (χ4n) is 3.29. The molecule has 0 aliphatic rings. The van der Waals surface area contributed by atoms with Gasteiger partial charge in [0, 0.05) is 24.3 Å². The van der Waals surface area contributed by atoms with Crippen LogP contribution in [0, 0.1) is 6.92 Å². The second kappa shape index (κ2) is 10.5. The Kier molecular flexibility index (Phi) is 8.37. The average Bonchev–Trinajstić information content (AvgIpc) is 2.70. The monoisotopic (exact) mass is 418 g/mol. The molecule has 158 valence electrons. The van der Waals surface area contributed by atoms with Crippen LogP contribution in [-0.4, -0.2) is 44.8 Å². The molecule has 0 heterocycles. The van der Waals surface area contributed by atoms with Crippen LogP contribution < -0.4 is 10.2 Å². The standard InChI is InChI=1S/C22H31N3O3S/c1-5-24(16-19-11-9-8-10-12-19)17-22(26)23-20-14-13-18(4)21(15-20)29(27,28)25(6-2)7-3/h8-15H,5-7,16-17H2,1-4H3,(H,23,26)/p+1. The third-order valence-corrected chi connectivity index (χ3v) is 7.19. The molecule has 0 saturated heterocycles. The number of carbonyl (C=O) groups excluding carboxylic acids is 1. The number of nitrogens with zero attached hydrogens (tertiary/aromatic N) is 1. The predicted molar refractivity (Wildman–Crippen MR) is 116 cm³/mol. The lowest BCUT2D eigenvalue weighted by Crippen LogP contribution is -3.11. The minimum absolute atomic E-state index is 0.132. The molecule has 2 rings (SSSR count). The molecule has 0 bridgehead atoms. The number of carbonyl (C=O) groups is 1. The first-order valence-corrected chi connectivity index (χ1v) is 11.5. The van der Waals surface area contributed by atoms with E-state index in [0.29, 0.717) is 30.9 Å². The van der Waals surface area contributed by atoms with E-state index in [2.05, 4.69) is 17.4 Å². The van der Waals surface area contributed by atoms with Crippen molar-refractivity contribution in [1.82, 2.24) is 4.31 Å². The zero-order valence-electron chi connectivity index (χ0n) is 17.7. The van der Waals surface area contributed by atoms with Gasteiger partial charge < -0.3 is 10.2 Å². The van der Waals surface area contributed by atoms with E-state index in [4.69, 9.17) is 0 Å². The summed E-state index contributed by atoms with van der Waals surface area (Å²) in [5.41, 5.74) is 2.35. The third kappa shape index (κ3) is 6.13. The first-order chi connectivity index (χ1) is 13.8. The van der Waals surface area contributed by atoms with E-state index < -0.39 is 10.0 Å². The second-order valence-electron chi connectivity index (χ2n) is 7.06. The summed E-state index contributed by atoms with van der Waals surface area (Å²) in [7, 11) is -3.58. The molecule has 2 aromatic carbocycles. The molecule has 2 N–H and O–H groups in total. The van der Waals surface area contributed by atoms with E-state index in [1.165, 1.54) is 9.87 Å². The lowest BCUT2D eigenvalue weighted by Gasteiger charge is -2.21. The number of hydrogen-bond acceptors (Lipinski definition) is 3. The highest BCUT2D eigenvalue weighted by atomic mass is 32.2. The maximum atomic E-state index is 12.9. The minimum atomic E-state index is -3.58. The lowest BCUT2D eigenvalue weighted by atomic mass is 10.2. The number of aryl methyl sites for hydroxylation is 1. The second-order valence-corrected chi connectivity index (χ2v) is 8.97. The molecular formula is C22H32N3O3S+. The van der Waals surface area contributed by atoms with Crippen molar-refractivity contribution in [2.24, 2.45) is 0 Å². The Hall–Kier alpha value is -2.22. The van der Waals surface area contributed by atoms with Crippen LogP contribution in [0.3, 0.4) is 0 Å². The van der Waals surface area contributed by atoms with E-state index in [-0.39, 0.29) is 10.8 Å². The summed E-state index contributed by atoms with van der Waals surface area (Å²) in [6.07, 6.45) is 0. The van der Waals surface area contributed by atoms with Gasteiger partial charge in [0.05, 0.1) is 11.4 Å². The molecule has 0 saturated carbocycles. The summed E-state index contributed by atoms with van der Waals surface area (Å²) in [6.45, 7) is 10.2. The van der Waals surface area contributed by atoms with Crippen molar-refractivity contribution in [3.8, 4) is 0 Å². The van der Waals surface area contributed by atoms with Crippen LogP contribution in [0.2, 0.25) is 0 Å². The number of amides is 1. The highest BCUT2D eigenvalue weighted by molar-refractivity contribution is 7.89. The molecule has 7 heteroatoms. The Morgan fingerprint density at radius 2 is 1.69 bits per heavy atom. The van der Waals surface area contributed by atoms with Crippen LogP contribution in [0.4, 0.5) is 5.69 Å². The Morgan fingerprint density at radius 3 is 2.28 bits per heavy atom. The topological polar surface area (TPSA) is 70.9 Å². The molecule has 0 aliphatic heterocycles. The summed E-state index contributed by atoms with van der Waals surface area (Å²) in [6, 6.07) is 15.1. The Labute approximate surface area is 174 Å². The first-order valence-electron chi connectivity index (χ1n) is 10.1. The highest BCUT2D eigenvalue weighted by Gasteiger charge is 2.24. The van der Waals surface area contributed by atoms with Crippen LogP contribution in [0.5, 0.6) is 0 Å². The Morgan fingerprint density at radius 1 is 1.03 bits per heavy atom. The van der Waals surface area contributed by atoms with Gasteiger partial charge in [-0.3, -0.25) is 4.79 Å². The SMILES string of the molecule is CCN(CC)S(=O)(=O)c1cc(NC(=O)C[NH+](CC)Cc2ccccc2)ccc1C. The van der Waals surface area contributed by atoms with Crippen LogP contribution in [-0.2, 0) is 21.4 Å². The number of likely N-dealkylation sites (N-methyl/N-ethyl adjacent to an activating group) is 1. The van der Waals surface area contributed by atoms with Crippen LogP contribution in [0.1, 0.15) is 31.9 Å². The Balaban J connectivity index is 2.12. The molecule has 2 aromatic rings. The Bertz CT molecular complexity index is 910. The van der Waals surface area contributed by atoms with Crippen molar-refractivity contribution in [3.63, 3.8) is 0 Å². The van der Waals surface area contributed by atoms with Gasteiger partial charge in [-0.25, -0.2) is 8.42 Å². The van der Waals surface area contributed by atoms with Gasteiger partial charge in [-0.05, 0) is 31.5 Å². The van der Waals surface area contributed by atoms with Crippen LogP contribution >= 0.6 is 0 Å². The van der Waals surface area contributed by atoms with Gasteiger partial charge in [-0.2, -0.15) is 4.31 Å². The van der Waals surface area contributed by atoms with Crippen molar-refractivity contribution in [2.45, 2.75) is 39.1 Å². The maximum absolute atomic E-state index is 12.9. The van der Waals surface area contributed by atoms with E-state index >= 15 is 0 Å². The minimum Gasteiger partial charge on any atom is -0.324 e. The lowest BCUT2D eigenvalue weighted by molar-refractivity contribution is -0.903. The molecule has 0 aliphatic carbocycles. The molecule has 0 radical (unpaired) electrons. The number of sulfonamides is 1. The predicted octanol–water partition coefficient (Wildman–Crippen LogP) is 2.07. The van der Waals surface area contributed by atoms with Gasteiger partial charge in [0.1, 0.15) is 6.54 Å². The number of nitrogens with one attached hydrogen (secondary N) is 2. The van der Waals surface area contributed by atoms with Gasteiger partial charge in [-0.15, -0.1) is 0 Å². The smallest absolute Gasteiger partial charge is 0.279 e. The molecule has 1 atom stereocenters. The molecule has 0 spiro atoms. The fourth-order valence-corrected chi connectivity index (χ4v) is 5.00. The number of anilines is 1. The largest absolute Gasteiger partial charge is 0.324 e. The summed E-state index contributed by atoms with van der Waals surface area (Å²) in [5, 5.41) is 2.86. The summed E-state index contributed by atoms with van der Waals surface area (Å²) in [4.78, 5) is 13.9. The molecule has 1 unspecified atom stereocenters. The first kappa shape index (κ1) is 23.1. The van der Waals surface area contributed by atoms with Gasteiger partial charge in [-0.1, -0.05) is 50.2 Å². The van der Waals surface area contributed by atoms with E-state index in [1.807, 2.05) is 39.0 Å². The van der Waals surface area contributed by atoms with Gasteiger partial charge in [0.2, 0.25) is 10.0 Å². The number of quaternary nitrogens is 1. The van der Waals surface area contributed by atoms with Crippen molar-refractivity contribution >= 4 is 21.6 Å². The third-order valence-electron chi connectivity index (χ3n) is 5.00. The van der Waals surface area contributed by atoms with Gasteiger partial charge >= 0.3 is 0 Å². The summed E-state index contributed by atoms with van der Waals surface area (Å²) in [5.74, 6) is -0.132.